The molecule has 1 heterocycles. The predicted octanol–water partition coefficient (Wildman–Crippen LogP) is 2.43. The quantitative estimate of drug-likeness (QED) is 0.611. The normalized spacial score (nSPS) is 13.9. The first-order chi connectivity index (χ1) is 13.9. The Morgan fingerprint density at radius 1 is 0.931 bits per heavy atom. The average Bonchev–Trinajstić information content (AvgIpc) is 2.74. The number of halogens is 1. The van der Waals surface area contributed by atoms with E-state index in [4.69, 9.17) is 16.3 Å². The molecule has 3 amide bonds. The van der Waals surface area contributed by atoms with Crippen molar-refractivity contribution in [3.63, 3.8) is 0 Å². The molecule has 160 valence electrons. The molecule has 1 saturated heterocycles. The fourth-order valence-corrected chi connectivity index (χ4v) is 3.38. The van der Waals surface area contributed by atoms with Gasteiger partial charge in [-0.05, 0) is 44.5 Å². The van der Waals surface area contributed by atoms with Gasteiger partial charge >= 0.3 is 0 Å². The molecule has 0 unspecified atom stereocenters. The van der Waals surface area contributed by atoms with Crippen LogP contribution in [-0.4, -0.2) is 78.3 Å². The Bertz CT molecular complexity index is 684. The smallest absolute Gasteiger partial charge is 0.260 e. The van der Waals surface area contributed by atoms with E-state index < -0.39 is 0 Å². The van der Waals surface area contributed by atoms with Crippen LogP contribution in [0.1, 0.15) is 33.1 Å². The summed E-state index contributed by atoms with van der Waals surface area (Å²) in [6.45, 7) is 7.26. The Morgan fingerprint density at radius 2 is 1.48 bits per heavy atom. The van der Waals surface area contributed by atoms with Gasteiger partial charge in [0.05, 0.1) is 0 Å². The maximum atomic E-state index is 12.4. The molecule has 1 fully saturated rings. The number of amides is 3. The minimum absolute atomic E-state index is 0.0386. The molecule has 1 aliphatic heterocycles. The molecule has 0 aromatic heterocycles. The molecule has 0 aliphatic carbocycles. The first-order valence-corrected chi connectivity index (χ1v) is 10.5. The van der Waals surface area contributed by atoms with E-state index >= 15 is 0 Å². The molecule has 1 aromatic rings. The van der Waals surface area contributed by atoms with Crippen LogP contribution in [0.15, 0.2) is 24.3 Å². The van der Waals surface area contributed by atoms with Crippen molar-refractivity contribution < 1.29 is 19.1 Å². The van der Waals surface area contributed by atoms with E-state index in [2.05, 4.69) is 0 Å². The van der Waals surface area contributed by atoms with Crippen molar-refractivity contribution in [3.05, 3.63) is 29.3 Å². The first-order valence-electron chi connectivity index (χ1n) is 10.2. The van der Waals surface area contributed by atoms with Crippen molar-refractivity contribution in [2.45, 2.75) is 33.1 Å². The summed E-state index contributed by atoms with van der Waals surface area (Å²) >= 11 is 5.83. The van der Waals surface area contributed by atoms with Crippen LogP contribution in [0, 0.1) is 0 Å². The second-order valence-corrected chi connectivity index (χ2v) is 7.36. The van der Waals surface area contributed by atoms with Crippen molar-refractivity contribution >= 4 is 29.3 Å². The highest BCUT2D eigenvalue weighted by Gasteiger charge is 2.24. The maximum absolute atomic E-state index is 12.4. The van der Waals surface area contributed by atoms with Crippen LogP contribution in [0.4, 0.5) is 0 Å². The lowest BCUT2D eigenvalue weighted by Gasteiger charge is -2.34. The molecule has 7 nitrogen and oxygen atoms in total. The van der Waals surface area contributed by atoms with Gasteiger partial charge in [-0.25, -0.2) is 0 Å². The van der Waals surface area contributed by atoms with Gasteiger partial charge in [0.25, 0.3) is 5.91 Å². The van der Waals surface area contributed by atoms with Gasteiger partial charge in [-0.1, -0.05) is 11.6 Å². The van der Waals surface area contributed by atoms with Crippen molar-refractivity contribution in [1.82, 2.24) is 14.7 Å². The van der Waals surface area contributed by atoms with Gasteiger partial charge in [0.1, 0.15) is 5.75 Å². The first kappa shape index (κ1) is 23.0. The predicted molar refractivity (Wildman–Crippen MR) is 112 cm³/mol. The molecule has 29 heavy (non-hydrogen) atoms. The lowest BCUT2D eigenvalue weighted by Crippen LogP contribution is -2.51. The monoisotopic (exact) mass is 423 g/mol. The summed E-state index contributed by atoms with van der Waals surface area (Å²) < 4.78 is 5.50. The van der Waals surface area contributed by atoms with Crippen LogP contribution < -0.4 is 4.74 Å². The lowest BCUT2D eigenvalue weighted by atomic mass is 10.2. The van der Waals surface area contributed by atoms with Gasteiger partial charge in [0, 0.05) is 57.1 Å². The second-order valence-electron chi connectivity index (χ2n) is 6.92. The highest BCUT2D eigenvalue weighted by atomic mass is 35.5. The molecule has 8 heteroatoms. The summed E-state index contributed by atoms with van der Waals surface area (Å²) in [5.74, 6) is 0.633. The van der Waals surface area contributed by atoms with Gasteiger partial charge in [0.15, 0.2) is 6.61 Å². The molecule has 0 saturated carbocycles. The molecule has 0 bridgehead atoms. The number of piperazine rings is 1. The summed E-state index contributed by atoms with van der Waals surface area (Å²) in [4.78, 5) is 41.9. The minimum atomic E-state index is -0.100. The van der Waals surface area contributed by atoms with E-state index in [1.165, 1.54) is 0 Å². The highest BCUT2D eigenvalue weighted by Crippen LogP contribution is 2.16. The van der Waals surface area contributed by atoms with Gasteiger partial charge in [0.2, 0.25) is 11.8 Å². The van der Waals surface area contributed by atoms with E-state index in [1.54, 1.807) is 39.0 Å². The van der Waals surface area contributed by atoms with Gasteiger partial charge < -0.3 is 19.4 Å². The molecular weight excluding hydrogens is 394 g/mol. The van der Waals surface area contributed by atoms with Crippen LogP contribution >= 0.6 is 11.6 Å². The van der Waals surface area contributed by atoms with Crippen molar-refractivity contribution in [2.75, 3.05) is 45.9 Å². The third kappa shape index (κ3) is 7.24. The fraction of sp³-hybridized carbons (Fsp3) is 0.571. The van der Waals surface area contributed by atoms with E-state index in [0.717, 1.165) is 0 Å². The zero-order valence-corrected chi connectivity index (χ0v) is 18.0. The Labute approximate surface area is 177 Å². The van der Waals surface area contributed by atoms with E-state index in [1.807, 2.05) is 13.8 Å². The highest BCUT2D eigenvalue weighted by molar-refractivity contribution is 6.30. The van der Waals surface area contributed by atoms with Crippen LogP contribution in [0.25, 0.3) is 0 Å². The van der Waals surface area contributed by atoms with Crippen molar-refractivity contribution in [2.24, 2.45) is 0 Å². The van der Waals surface area contributed by atoms with Gasteiger partial charge in [-0.2, -0.15) is 0 Å². The minimum Gasteiger partial charge on any atom is -0.484 e. The molecule has 0 radical (unpaired) electrons. The van der Waals surface area contributed by atoms with Crippen LogP contribution in [0.5, 0.6) is 5.75 Å². The summed E-state index contributed by atoms with van der Waals surface area (Å²) in [5, 5.41) is 0.613. The molecule has 2 rings (SSSR count). The number of hydrogen-bond donors (Lipinski definition) is 0. The zero-order chi connectivity index (χ0) is 21.2. The van der Waals surface area contributed by atoms with Crippen LogP contribution in [0.3, 0.4) is 0 Å². The van der Waals surface area contributed by atoms with Crippen molar-refractivity contribution in [3.8, 4) is 5.75 Å². The molecule has 1 aliphatic rings. The Morgan fingerprint density at radius 3 is 2.03 bits per heavy atom. The average molecular weight is 424 g/mol. The van der Waals surface area contributed by atoms with E-state index in [9.17, 15) is 14.4 Å². The molecule has 0 atom stereocenters. The topological polar surface area (TPSA) is 70.2 Å². The van der Waals surface area contributed by atoms with E-state index in [0.29, 0.717) is 69.3 Å². The molecular formula is C21H30ClN3O4. The standard InChI is InChI=1S/C21H30ClN3O4/c1-3-23(4-2)19(26)6-5-7-20(27)24-12-14-25(15-13-24)21(28)16-29-18-10-8-17(22)9-11-18/h8-11H,3-7,12-16H2,1-2H3. The zero-order valence-electron chi connectivity index (χ0n) is 17.2. The number of rotatable bonds is 9. The summed E-state index contributed by atoms with van der Waals surface area (Å²) in [5.41, 5.74) is 0. The number of carbonyl (C=O) groups excluding carboxylic acids is 3. The largest absolute Gasteiger partial charge is 0.484 e. The second kappa shape index (κ2) is 11.7. The van der Waals surface area contributed by atoms with E-state index in [-0.39, 0.29) is 24.3 Å². The van der Waals surface area contributed by atoms with Gasteiger partial charge in [-0.3, -0.25) is 14.4 Å². The number of benzene rings is 1. The van der Waals surface area contributed by atoms with Gasteiger partial charge in [-0.15, -0.1) is 0 Å². The van der Waals surface area contributed by atoms with Crippen molar-refractivity contribution in [1.29, 1.82) is 0 Å². The molecule has 0 N–H and O–H groups in total. The number of hydrogen-bond acceptors (Lipinski definition) is 4. The maximum Gasteiger partial charge on any atom is 0.260 e. The third-order valence-corrected chi connectivity index (χ3v) is 5.31. The summed E-state index contributed by atoms with van der Waals surface area (Å²) in [6.07, 6.45) is 1.32. The SMILES string of the molecule is CCN(CC)C(=O)CCCC(=O)N1CCN(C(=O)COc2ccc(Cl)cc2)CC1. The van der Waals surface area contributed by atoms with Crippen LogP contribution in [-0.2, 0) is 14.4 Å². The Balaban J connectivity index is 1.67. The summed E-state index contributed by atoms with van der Waals surface area (Å²) in [6, 6.07) is 6.86. The Kier molecular flexibility index (Phi) is 9.25. The lowest BCUT2D eigenvalue weighted by molar-refractivity contribution is -0.141. The fourth-order valence-electron chi connectivity index (χ4n) is 3.26. The Hall–Kier alpha value is -2.28. The number of carbonyl (C=O) groups is 3. The number of nitrogens with zero attached hydrogens (tertiary/aromatic N) is 3. The third-order valence-electron chi connectivity index (χ3n) is 5.06. The summed E-state index contributed by atoms with van der Waals surface area (Å²) in [7, 11) is 0. The van der Waals surface area contributed by atoms with Crippen LogP contribution in [0.2, 0.25) is 5.02 Å². The number of ether oxygens (including phenoxy) is 1. The molecule has 1 aromatic carbocycles. The molecule has 0 spiro atoms.